The van der Waals surface area contributed by atoms with Gasteiger partial charge in [-0.15, -0.1) is 0 Å². The van der Waals surface area contributed by atoms with E-state index in [4.69, 9.17) is 4.74 Å². The number of amides is 1. The summed E-state index contributed by atoms with van der Waals surface area (Å²) in [7, 11) is 0. The van der Waals surface area contributed by atoms with E-state index in [2.05, 4.69) is 35.8 Å². The van der Waals surface area contributed by atoms with Crippen LogP contribution in [-0.4, -0.2) is 87.8 Å². The molecule has 2 fully saturated rings. The zero-order valence-corrected chi connectivity index (χ0v) is 20.0. The molecule has 0 N–H and O–H groups in total. The molecule has 10 nitrogen and oxygen atoms in total. The molecule has 0 aromatic carbocycles. The van der Waals surface area contributed by atoms with Gasteiger partial charge in [-0.3, -0.25) is 4.79 Å². The second kappa shape index (κ2) is 9.90. The molecule has 184 valence electrons. The summed E-state index contributed by atoms with van der Waals surface area (Å²) in [6.45, 7) is 6.02. The maximum absolute atomic E-state index is 13.0. The Kier molecular flexibility index (Phi) is 6.17. The minimum atomic E-state index is 0.103. The number of pyridine rings is 2. The Bertz CT molecular complexity index is 1340. The number of piperazine rings is 1. The van der Waals surface area contributed by atoms with Crippen molar-refractivity contribution in [3.05, 3.63) is 61.3 Å². The predicted octanol–water partition coefficient (Wildman–Crippen LogP) is 2.07. The SMILES string of the molecule is O=C(Cn1ccc2cccnc21)N1CCN(c2ncccc2-c2cnc(N3CCOCC3)nc2)CC1. The smallest absolute Gasteiger partial charge is 0.242 e. The van der Waals surface area contributed by atoms with Gasteiger partial charge in [-0.1, -0.05) is 0 Å². The van der Waals surface area contributed by atoms with Crippen molar-refractivity contribution in [3.63, 3.8) is 0 Å². The molecule has 1 amide bonds. The number of rotatable bonds is 5. The minimum absolute atomic E-state index is 0.103. The third-order valence-electron chi connectivity index (χ3n) is 6.79. The Labute approximate surface area is 209 Å². The molecule has 0 aliphatic carbocycles. The molecule has 0 spiro atoms. The average Bonchev–Trinajstić information content (AvgIpc) is 3.36. The van der Waals surface area contributed by atoms with Crippen LogP contribution in [0.3, 0.4) is 0 Å². The number of aromatic nitrogens is 5. The topological polar surface area (TPSA) is 92.5 Å². The van der Waals surface area contributed by atoms with Crippen molar-refractivity contribution in [3.8, 4) is 11.1 Å². The number of carbonyl (C=O) groups is 1. The zero-order chi connectivity index (χ0) is 24.3. The third-order valence-corrected chi connectivity index (χ3v) is 6.79. The van der Waals surface area contributed by atoms with Crippen LogP contribution in [0.2, 0.25) is 0 Å². The molecule has 0 bridgehead atoms. The van der Waals surface area contributed by atoms with Crippen molar-refractivity contribution < 1.29 is 9.53 Å². The van der Waals surface area contributed by atoms with Gasteiger partial charge >= 0.3 is 0 Å². The molecule has 10 heteroatoms. The lowest BCUT2D eigenvalue weighted by atomic mass is 10.1. The van der Waals surface area contributed by atoms with E-state index in [0.29, 0.717) is 45.9 Å². The Morgan fingerprint density at radius 1 is 0.833 bits per heavy atom. The van der Waals surface area contributed by atoms with Crippen molar-refractivity contribution in [2.45, 2.75) is 6.54 Å². The van der Waals surface area contributed by atoms with Gasteiger partial charge in [-0.25, -0.2) is 19.9 Å². The Balaban J connectivity index is 1.12. The first-order valence-electron chi connectivity index (χ1n) is 12.3. The number of hydrogen-bond acceptors (Lipinski definition) is 8. The Morgan fingerprint density at radius 3 is 2.39 bits per heavy atom. The van der Waals surface area contributed by atoms with Gasteiger partial charge in [0, 0.05) is 86.8 Å². The molecule has 0 unspecified atom stereocenters. The van der Waals surface area contributed by atoms with E-state index in [1.807, 2.05) is 58.5 Å². The first-order valence-corrected chi connectivity index (χ1v) is 12.3. The van der Waals surface area contributed by atoms with Crippen LogP contribution in [0.1, 0.15) is 0 Å². The minimum Gasteiger partial charge on any atom is -0.378 e. The molecule has 0 saturated carbocycles. The molecular formula is C26H28N8O2. The summed E-state index contributed by atoms with van der Waals surface area (Å²) in [5, 5.41) is 1.04. The maximum Gasteiger partial charge on any atom is 0.242 e. The van der Waals surface area contributed by atoms with E-state index in [0.717, 1.165) is 47.0 Å². The first kappa shape index (κ1) is 22.4. The highest BCUT2D eigenvalue weighted by molar-refractivity contribution is 5.81. The van der Waals surface area contributed by atoms with Crippen molar-refractivity contribution in [1.82, 2.24) is 29.4 Å². The summed E-state index contributed by atoms with van der Waals surface area (Å²) in [6.07, 6.45) is 9.23. The van der Waals surface area contributed by atoms with Crippen LogP contribution in [-0.2, 0) is 16.1 Å². The fourth-order valence-electron chi connectivity index (χ4n) is 4.82. The highest BCUT2D eigenvalue weighted by atomic mass is 16.5. The van der Waals surface area contributed by atoms with Crippen LogP contribution in [0, 0.1) is 0 Å². The lowest BCUT2D eigenvalue weighted by Crippen LogP contribution is -2.50. The summed E-state index contributed by atoms with van der Waals surface area (Å²) in [6, 6.07) is 9.90. The van der Waals surface area contributed by atoms with Gasteiger partial charge in [-0.05, 0) is 30.3 Å². The molecule has 36 heavy (non-hydrogen) atoms. The normalized spacial score (nSPS) is 16.5. The quantitative estimate of drug-likeness (QED) is 0.425. The number of carbonyl (C=O) groups excluding carboxylic acids is 1. The van der Waals surface area contributed by atoms with Crippen molar-refractivity contribution in [1.29, 1.82) is 0 Å². The number of morpholine rings is 1. The van der Waals surface area contributed by atoms with E-state index < -0.39 is 0 Å². The predicted molar refractivity (Wildman–Crippen MR) is 137 cm³/mol. The van der Waals surface area contributed by atoms with Crippen LogP contribution < -0.4 is 9.80 Å². The third kappa shape index (κ3) is 4.47. The van der Waals surface area contributed by atoms with Gasteiger partial charge in [0.05, 0.1) is 13.2 Å². The monoisotopic (exact) mass is 484 g/mol. The second-order valence-electron chi connectivity index (χ2n) is 8.97. The number of anilines is 2. The Morgan fingerprint density at radius 2 is 1.58 bits per heavy atom. The van der Waals surface area contributed by atoms with E-state index in [1.54, 1.807) is 6.20 Å². The molecule has 2 saturated heterocycles. The van der Waals surface area contributed by atoms with Crippen LogP contribution in [0.5, 0.6) is 0 Å². The van der Waals surface area contributed by atoms with Crippen LogP contribution in [0.15, 0.2) is 61.3 Å². The highest BCUT2D eigenvalue weighted by Crippen LogP contribution is 2.29. The van der Waals surface area contributed by atoms with Gasteiger partial charge in [0.2, 0.25) is 11.9 Å². The highest BCUT2D eigenvalue weighted by Gasteiger charge is 2.24. The second-order valence-corrected chi connectivity index (χ2v) is 8.97. The van der Waals surface area contributed by atoms with E-state index in [9.17, 15) is 4.79 Å². The van der Waals surface area contributed by atoms with Crippen molar-refractivity contribution >= 4 is 28.7 Å². The summed E-state index contributed by atoms with van der Waals surface area (Å²) < 4.78 is 7.34. The molecular weight excluding hydrogens is 456 g/mol. The van der Waals surface area contributed by atoms with Crippen LogP contribution in [0.4, 0.5) is 11.8 Å². The van der Waals surface area contributed by atoms with Crippen molar-refractivity contribution in [2.24, 2.45) is 0 Å². The fourth-order valence-corrected chi connectivity index (χ4v) is 4.82. The molecule has 6 heterocycles. The van der Waals surface area contributed by atoms with E-state index >= 15 is 0 Å². The summed E-state index contributed by atoms with van der Waals surface area (Å²) in [5.41, 5.74) is 2.76. The zero-order valence-electron chi connectivity index (χ0n) is 20.0. The van der Waals surface area contributed by atoms with E-state index in [-0.39, 0.29) is 5.91 Å². The number of hydrogen-bond donors (Lipinski definition) is 0. The van der Waals surface area contributed by atoms with Crippen LogP contribution in [0.25, 0.3) is 22.2 Å². The molecule has 4 aromatic heterocycles. The standard InChI is InChI=1S/C26H28N8O2/c35-23(19-34-8-5-20-3-1-6-27-24(20)34)31-9-11-32(12-10-31)25-22(4-2-7-28-25)21-17-29-26(30-18-21)33-13-15-36-16-14-33/h1-8,17-18H,9-16,19H2. The fraction of sp³-hybridized carbons (Fsp3) is 0.346. The number of ether oxygens (including phenoxy) is 1. The Hall–Kier alpha value is -4.05. The van der Waals surface area contributed by atoms with Gasteiger partial charge < -0.3 is 24.0 Å². The molecule has 2 aliphatic heterocycles. The number of fused-ring (bicyclic) bond motifs is 1. The summed E-state index contributed by atoms with van der Waals surface area (Å²) in [5.74, 6) is 1.73. The van der Waals surface area contributed by atoms with Crippen molar-refractivity contribution in [2.75, 3.05) is 62.3 Å². The molecule has 2 aliphatic rings. The molecule has 6 rings (SSSR count). The largest absolute Gasteiger partial charge is 0.378 e. The molecule has 0 atom stereocenters. The summed E-state index contributed by atoms with van der Waals surface area (Å²) in [4.78, 5) is 37.6. The first-order chi connectivity index (χ1) is 17.8. The number of nitrogens with zero attached hydrogens (tertiary/aromatic N) is 8. The van der Waals surface area contributed by atoms with Gasteiger partial charge in [0.15, 0.2) is 0 Å². The molecule has 4 aromatic rings. The van der Waals surface area contributed by atoms with Crippen LogP contribution >= 0.6 is 0 Å². The van der Waals surface area contributed by atoms with Gasteiger partial charge in [-0.2, -0.15) is 0 Å². The van der Waals surface area contributed by atoms with Gasteiger partial charge in [0.25, 0.3) is 0 Å². The van der Waals surface area contributed by atoms with E-state index in [1.165, 1.54) is 0 Å². The maximum atomic E-state index is 13.0. The lowest BCUT2D eigenvalue weighted by Gasteiger charge is -2.36. The van der Waals surface area contributed by atoms with Gasteiger partial charge in [0.1, 0.15) is 18.0 Å². The summed E-state index contributed by atoms with van der Waals surface area (Å²) >= 11 is 0. The molecule has 0 radical (unpaired) electrons. The lowest BCUT2D eigenvalue weighted by molar-refractivity contribution is -0.132. The average molecular weight is 485 g/mol.